The van der Waals surface area contributed by atoms with Crippen LogP contribution in [0, 0.1) is 11.3 Å². The van der Waals surface area contributed by atoms with Crippen molar-refractivity contribution in [1.82, 2.24) is 19.8 Å². The molecule has 3 aromatic rings. The van der Waals surface area contributed by atoms with Gasteiger partial charge in [-0.15, -0.1) is 0 Å². The van der Waals surface area contributed by atoms with E-state index in [1.807, 2.05) is 24.3 Å². The van der Waals surface area contributed by atoms with Gasteiger partial charge in [0.2, 0.25) is 0 Å². The third-order valence-electron chi connectivity index (χ3n) is 3.85. The highest BCUT2D eigenvalue weighted by atomic mass is 32.2. The molecule has 8 heteroatoms. The minimum atomic E-state index is 0.516. The van der Waals surface area contributed by atoms with Crippen LogP contribution in [0.2, 0.25) is 0 Å². The SMILES string of the molecule is CC(C)CSNOc1cncc(-c2ccc3ncc(/C(C=N)=C/N)nc3c2)c1. The Balaban J connectivity index is 1.84. The van der Waals surface area contributed by atoms with E-state index < -0.39 is 0 Å². The van der Waals surface area contributed by atoms with E-state index in [2.05, 4.69) is 33.7 Å². The Bertz CT molecular complexity index is 1000. The third kappa shape index (κ3) is 4.85. The molecule has 0 bridgehead atoms. The standard InChI is InChI=1S/C20H22N6OS/c1-13(2)12-28-26-27-17-5-15(9-23-10-17)14-3-4-18-19(6-14)25-20(11-24-18)16(7-21)8-22/h3-11,13,21,26H,12,22H2,1-2H3/b16-8+,21-7?. The van der Waals surface area contributed by atoms with Gasteiger partial charge in [-0.25, -0.2) is 4.98 Å². The molecule has 2 heterocycles. The van der Waals surface area contributed by atoms with Crippen LogP contribution < -0.4 is 15.5 Å². The molecule has 0 atom stereocenters. The molecule has 0 saturated carbocycles. The fourth-order valence-electron chi connectivity index (χ4n) is 2.45. The summed E-state index contributed by atoms with van der Waals surface area (Å²) >= 11 is 1.52. The molecule has 3 rings (SSSR count). The molecule has 0 fully saturated rings. The summed E-state index contributed by atoms with van der Waals surface area (Å²) in [5.41, 5.74) is 9.96. The predicted molar refractivity (Wildman–Crippen MR) is 115 cm³/mol. The van der Waals surface area contributed by atoms with Crippen molar-refractivity contribution in [3.63, 3.8) is 0 Å². The van der Waals surface area contributed by atoms with Gasteiger partial charge < -0.3 is 16.0 Å². The summed E-state index contributed by atoms with van der Waals surface area (Å²) in [7, 11) is 0. The van der Waals surface area contributed by atoms with Gasteiger partial charge in [-0.1, -0.05) is 24.8 Å². The maximum atomic E-state index is 7.43. The van der Waals surface area contributed by atoms with E-state index in [4.69, 9.17) is 16.0 Å². The maximum Gasteiger partial charge on any atom is 0.167 e. The topological polar surface area (TPSA) is 110 Å². The first-order chi connectivity index (χ1) is 13.6. The van der Waals surface area contributed by atoms with E-state index >= 15 is 0 Å². The van der Waals surface area contributed by atoms with Gasteiger partial charge in [0.25, 0.3) is 0 Å². The van der Waals surface area contributed by atoms with Gasteiger partial charge in [0.05, 0.1) is 29.1 Å². The number of allylic oxidation sites excluding steroid dienone is 1. The maximum absolute atomic E-state index is 7.43. The van der Waals surface area contributed by atoms with Crippen LogP contribution in [0.1, 0.15) is 19.5 Å². The van der Waals surface area contributed by atoms with Crippen LogP contribution in [-0.4, -0.2) is 26.9 Å². The van der Waals surface area contributed by atoms with Crippen LogP contribution in [0.15, 0.2) is 49.1 Å². The summed E-state index contributed by atoms with van der Waals surface area (Å²) in [5.74, 6) is 2.16. The molecule has 0 saturated heterocycles. The largest absolute Gasteiger partial charge is 0.404 e. The highest BCUT2D eigenvalue weighted by molar-refractivity contribution is 7.97. The Morgan fingerprint density at radius 3 is 2.82 bits per heavy atom. The molecule has 28 heavy (non-hydrogen) atoms. The van der Waals surface area contributed by atoms with Crippen molar-refractivity contribution >= 4 is 34.8 Å². The minimum absolute atomic E-state index is 0.516. The quantitative estimate of drug-likeness (QED) is 0.230. The van der Waals surface area contributed by atoms with Gasteiger partial charge in [0.1, 0.15) is 0 Å². The molecule has 4 N–H and O–H groups in total. The highest BCUT2D eigenvalue weighted by Crippen LogP contribution is 2.25. The van der Waals surface area contributed by atoms with Crippen molar-refractivity contribution in [3.05, 3.63) is 54.7 Å². The number of aromatic nitrogens is 3. The Morgan fingerprint density at radius 1 is 1.21 bits per heavy atom. The zero-order valence-electron chi connectivity index (χ0n) is 15.7. The summed E-state index contributed by atoms with van der Waals surface area (Å²) in [6.07, 6.45) is 7.56. The number of benzene rings is 1. The number of pyridine rings is 1. The lowest BCUT2D eigenvalue weighted by atomic mass is 10.1. The first kappa shape index (κ1) is 19.8. The van der Waals surface area contributed by atoms with Crippen LogP contribution in [0.4, 0.5) is 0 Å². The van der Waals surface area contributed by atoms with Crippen molar-refractivity contribution in [1.29, 1.82) is 5.41 Å². The number of rotatable bonds is 8. The first-order valence-electron chi connectivity index (χ1n) is 8.79. The fraction of sp³-hybridized carbons (Fsp3) is 0.200. The van der Waals surface area contributed by atoms with E-state index in [0.717, 1.165) is 28.6 Å². The second-order valence-corrected chi connectivity index (χ2v) is 7.31. The zero-order valence-corrected chi connectivity index (χ0v) is 16.5. The second kappa shape index (κ2) is 9.29. The van der Waals surface area contributed by atoms with Gasteiger partial charge in [-0.2, -0.15) is 0 Å². The zero-order chi connectivity index (χ0) is 19.9. The van der Waals surface area contributed by atoms with E-state index in [1.165, 1.54) is 18.1 Å². The molecule has 2 aromatic heterocycles. The molecule has 1 aromatic carbocycles. The highest BCUT2D eigenvalue weighted by Gasteiger charge is 2.07. The minimum Gasteiger partial charge on any atom is -0.404 e. The van der Waals surface area contributed by atoms with E-state index in [0.29, 0.717) is 28.5 Å². The lowest BCUT2D eigenvalue weighted by Gasteiger charge is -2.09. The molecule has 0 amide bonds. The molecule has 0 radical (unpaired) electrons. The molecule has 0 unspecified atom stereocenters. The molecule has 7 nitrogen and oxygen atoms in total. The average molecular weight is 395 g/mol. The number of nitrogens with zero attached hydrogens (tertiary/aromatic N) is 3. The lowest BCUT2D eigenvalue weighted by Crippen LogP contribution is -2.11. The predicted octanol–water partition coefficient (Wildman–Crippen LogP) is 3.83. The van der Waals surface area contributed by atoms with Crippen LogP contribution >= 0.6 is 11.9 Å². The number of nitrogens with two attached hydrogens (primary N) is 1. The van der Waals surface area contributed by atoms with Gasteiger partial charge >= 0.3 is 0 Å². The summed E-state index contributed by atoms with van der Waals surface area (Å²) in [5, 5.41) is 7.43. The van der Waals surface area contributed by atoms with E-state index in [1.54, 1.807) is 18.6 Å². The molecule has 0 aliphatic carbocycles. The number of nitrogens with one attached hydrogen (secondary N) is 2. The normalized spacial score (nSPS) is 11.8. The average Bonchev–Trinajstić information content (AvgIpc) is 2.72. The van der Waals surface area contributed by atoms with Gasteiger partial charge in [-0.05, 0) is 41.6 Å². The third-order valence-corrected chi connectivity index (χ3v) is 4.89. The van der Waals surface area contributed by atoms with Crippen LogP contribution in [0.5, 0.6) is 5.75 Å². The molecule has 144 valence electrons. The Labute approximate surface area is 168 Å². The Morgan fingerprint density at radius 2 is 2.07 bits per heavy atom. The summed E-state index contributed by atoms with van der Waals surface area (Å²) in [6.45, 7) is 4.30. The van der Waals surface area contributed by atoms with Crippen LogP contribution in [0.25, 0.3) is 27.7 Å². The molecule has 0 aliphatic rings. The van der Waals surface area contributed by atoms with Crippen molar-refractivity contribution in [2.75, 3.05) is 5.75 Å². The smallest absolute Gasteiger partial charge is 0.167 e. The Hall–Kier alpha value is -2.97. The fourth-order valence-corrected chi connectivity index (χ4v) is 3.00. The first-order valence-corrected chi connectivity index (χ1v) is 9.78. The Kier molecular flexibility index (Phi) is 6.57. The van der Waals surface area contributed by atoms with E-state index in [9.17, 15) is 0 Å². The molecule has 0 spiro atoms. The van der Waals surface area contributed by atoms with Crippen molar-refractivity contribution < 1.29 is 4.84 Å². The summed E-state index contributed by atoms with van der Waals surface area (Å²) in [6, 6.07) is 7.72. The monoisotopic (exact) mass is 394 g/mol. The van der Waals surface area contributed by atoms with Crippen molar-refractivity contribution in [2.24, 2.45) is 11.7 Å². The van der Waals surface area contributed by atoms with Crippen LogP contribution in [-0.2, 0) is 0 Å². The number of hydrogen-bond acceptors (Lipinski definition) is 8. The molecule has 0 aliphatic heterocycles. The van der Waals surface area contributed by atoms with Gasteiger partial charge in [0, 0.05) is 35.5 Å². The van der Waals surface area contributed by atoms with Crippen molar-refractivity contribution in [2.45, 2.75) is 13.8 Å². The van der Waals surface area contributed by atoms with Gasteiger partial charge in [0.15, 0.2) is 5.75 Å². The van der Waals surface area contributed by atoms with E-state index in [-0.39, 0.29) is 0 Å². The molecular weight excluding hydrogens is 372 g/mol. The summed E-state index contributed by atoms with van der Waals surface area (Å²) < 4.78 is 0. The van der Waals surface area contributed by atoms with Crippen molar-refractivity contribution in [3.8, 4) is 16.9 Å². The number of fused-ring (bicyclic) bond motifs is 1. The van der Waals surface area contributed by atoms with Crippen LogP contribution in [0.3, 0.4) is 0 Å². The van der Waals surface area contributed by atoms with Gasteiger partial charge in [-0.3, -0.25) is 9.97 Å². The molecular formula is C20H22N6OS. The second-order valence-electron chi connectivity index (χ2n) is 6.52. The lowest BCUT2D eigenvalue weighted by molar-refractivity contribution is 0.284. The number of hydrogen-bond donors (Lipinski definition) is 3. The summed E-state index contributed by atoms with van der Waals surface area (Å²) in [4.78, 5) is 21.7.